The molecule has 0 bridgehead atoms. The molecule has 1 saturated carbocycles. The number of nitrogens with zero attached hydrogens (tertiary/aromatic N) is 3. The first kappa shape index (κ1) is 26.4. The van der Waals surface area contributed by atoms with E-state index in [4.69, 9.17) is 0 Å². The monoisotopic (exact) mass is 459 g/mol. The highest BCUT2D eigenvalue weighted by molar-refractivity contribution is 5.55. The van der Waals surface area contributed by atoms with E-state index in [1.165, 1.54) is 75.3 Å². The lowest BCUT2D eigenvalue weighted by Gasteiger charge is -2.35. The van der Waals surface area contributed by atoms with Gasteiger partial charge < -0.3 is 0 Å². The Morgan fingerprint density at radius 2 is 1.41 bits per heavy atom. The Kier molecular flexibility index (Phi) is 11.1. The van der Waals surface area contributed by atoms with Gasteiger partial charge in [-0.2, -0.15) is 5.26 Å². The molecule has 184 valence electrons. The highest BCUT2D eigenvalue weighted by Crippen LogP contribution is 2.45. The number of hydrogen-bond acceptors (Lipinski definition) is 3. The van der Waals surface area contributed by atoms with Crippen LogP contribution in [0.15, 0.2) is 36.7 Å². The second kappa shape index (κ2) is 14.2. The first-order valence-electron chi connectivity index (χ1n) is 14.0. The van der Waals surface area contributed by atoms with Gasteiger partial charge in [-0.25, -0.2) is 9.97 Å². The average Bonchev–Trinajstić information content (AvgIpc) is 2.90. The SMILES string of the molecule is CCCCCCCCCC[C@]1(C#N)CC[C@H](c2ccc(-c3ncc(CCCC)cn3)cc2)CC1. The van der Waals surface area contributed by atoms with E-state index in [1.807, 2.05) is 12.4 Å². The van der Waals surface area contributed by atoms with Crippen LogP contribution in [-0.2, 0) is 6.42 Å². The molecular weight excluding hydrogens is 414 g/mol. The van der Waals surface area contributed by atoms with Crippen LogP contribution >= 0.6 is 0 Å². The standard InChI is InChI=1S/C31H45N3/c1-3-5-7-8-9-10-11-12-20-31(25-32)21-18-28(19-22-31)27-14-16-29(17-15-27)30-33-23-26(24-34-30)13-6-4-2/h14-17,23-24,28H,3-13,18-22H2,1-2H3/t28-,31-. The normalized spacial score (nSPS) is 20.2. The Morgan fingerprint density at radius 1 is 0.824 bits per heavy atom. The smallest absolute Gasteiger partial charge is 0.159 e. The molecule has 1 heterocycles. The molecule has 0 unspecified atom stereocenters. The fourth-order valence-corrected chi connectivity index (χ4v) is 5.44. The number of nitriles is 1. The molecule has 3 heteroatoms. The molecule has 0 saturated heterocycles. The molecule has 3 rings (SSSR count). The molecule has 0 atom stereocenters. The third-order valence-electron chi connectivity index (χ3n) is 7.85. The van der Waals surface area contributed by atoms with Crippen molar-refractivity contribution in [3.05, 3.63) is 47.8 Å². The molecule has 34 heavy (non-hydrogen) atoms. The van der Waals surface area contributed by atoms with Crippen LogP contribution in [0.2, 0.25) is 0 Å². The number of hydrogen-bond donors (Lipinski definition) is 0. The minimum Gasteiger partial charge on any atom is -0.236 e. The van der Waals surface area contributed by atoms with Gasteiger partial charge in [-0.05, 0) is 62.0 Å². The zero-order valence-corrected chi connectivity index (χ0v) is 21.7. The summed E-state index contributed by atoms with van der Waals surface area (Å²) in [5, 5.41) is 9.96. The van der Waals surface area contributed by atoms with Gasteiger partial charge in [0.1, 0.15) is 0 Å². The number of aryl methyl sites for hydroxylation is 1. The van der Waals surface area contributed by atoms with E-state index in [0.717, 1.165) is 49.9 Å². The van der Waals surface area contributed by atoms with Crippen molar-refractivity contribution in [3.63, 3.8) is 0 Å². The highest BCUT2D eigenvalue weighted by atomic mass is 14.9. The van der Waals surface area contributed by atoms with Gasteiger partial charge in [-0.15, -0.1) is 0 Å². The van der Waals surface area contributed by atoms with Gasteiger partial charge in [-0.1, -0.05) is 95.9 Å². The third-order valence-corrected chi connectivity index (χ3v) is 7.85. The lowest BCUT2D eigenvalue weighted by atomic mass is 9.67. The lowest BCUT2D eigenvalue weighted by Crippen LogP contribution is -2.25. The summed E-state index contributed by atoms with van der Waals surface area (Å²) in [6.07, 6.45) is 23.5. The van der Waals surface area contributed by atoms with Gasteiger partial charge in [0.2, 0.25) is 0 Å². The average molecular weight is 460 g/mol. The molecule has 1 fully saturated rings. The number of unbranched alkanes of at least 4 members (excludes halogenated alkanes) is 8. The van der Waals surface area contributed by atoms with Crippen molar-refractivity contribution < 1.29 is 0 Å². The predicted octanol–water partition coefficient (Wildman–Crippen LogP) is 9.18. The van der Waals surface area contributed by atoms with E-state index < -0.39 is 0 Å². The van der Waals surface area contributed by atoms with E-state index in [2.05, 4.69) is 54.2 Å². The summed E-state index contributed by atoms with van der Waals surface area (Å²) in [4.78, 5) is 9.17. The molecular formula is C31H45N3. The maximum absolute atomic E-state index is 9.96. The Balaban J connectivity index is 1.44. The van der Waals surface area contributed by atoms with Crippen molar-refractivity contribution in [1.29, 1.82) is 5.26 Å². The van der Waals surface area contributed by atoms with Gasteiger partial charge in [0.25, 0.3) is 0 Å². The summed E-state index contributed by atoms with van der Waals surface area (Å²) in [6, 6.07) is 11.6. The molecule has 0 N–H and O–H groups in total. The van der Waals surface area contributed by atoms with Crippen LogP contribution in [0.3, 0.4) is 0 Å². The number of aromatic nitrogens is 2. The largest absolute Gasteiger partial charge is 0.236 e. The molecule has 1 aromatic heterocycles. The van der Waals surface area contributed by atoms with Crippen LogP contribution in [0.25, 0.3) is 11.4 Å². The molecule has 3 nitrogen and oxygen atoms in total. The van der Waals surface area contributed by atoms with Crippen LogP contribution < -0.4 is 0 Å². The summed E-state index contributed by atoms with van der Waals surface area (Å²) < 4.78 is 0. The summed E-state index contributed by atoms with van der Waals surface area (Å²) in [6.45, 7) is 4.48. The fraction of sp³-hybridized carbons (Fsp3) is 0.645. The molecule has 0 spiro atoms. The quantitative estimate of drug-likeness (QED) is 0.264. The minimum atomic E-state index is -0.0774. The van der Waals surface area contributed by atoms with E-state index in [9.17, 15) is 5.26 Å². The van der Waals surface area contributed by atoms with Crippen molar-refractivity contribution in [2.24, 2.45) is 5.41 Å². The Bertz CT molecular complexity index is 855. The zero-order valence-electron chi connectivity index (χ0n) is 21.7. The Morgan fingerprint density at radius 3 is 2.00 bits per heavy atom. The Labute approximate surface area is 208 Å². The van der Waals surface area contributed by atoms with E-state index in [0.29, 0.717) is 5.92 Å². The Hall–Kier alpha value is -2.21. The number of benzene rings is 1. The first-order valence-corrected chi connectivity index (χ1v) is 14.0. The van der Waals surface area contributed by atoms with Crippen LogP contribution in [0.1, 0.15) is 127 Å². The van der Waals surface area contributed by atoms with Crippen molar-refractivity contribution in [3.8, 4) is 17.5 Å². The molecule has 1 aliphatic rings. The molecule has 0 amide bonds. The fourth-order valence-electron chi connectivity index (χ4n) is 5.44. The second-order valence-corrected chi connectivity index (χ2v) is 10.5. The van der Waals surface area contributed by atoms with Crippen molar-refractivity contribution in [1.82, 2.24) is 9.97 Å². The van der Waals surface area contributed by atoms with E-state index in [1.54, 1.807) is 0 Å². The summed E-state index contributed by atoms with van der Waals surface area (Å²) >= 11 is 0. The van der Waals surface area contributed by atoms with Crippen LogP contribution in [0.5, 0.6) is 0 Å². The van der Waals surface area contributed by atoms with Gasteiger partial charge in [0.05, 0.1) is 11.5 Å². The lowest BCUT2D eigenvalue weighted by molar-refractivity contribution is 0.222. The summed E-state index contributed by atoms with van der Waals surface area (Å²) in [5.41, 5.74) is 3.63. The molecule has 0 radical (unpaired) electrons. The van der Waals surface area contributed by atoms with Crippen LogP contribution in [-0.4, -0.2) is 9.97 Å². The topological polar surface area (TPSA) is 49.6 Å². The van der Waals surface area contributed by atoms with Crippen molar-refractivity contribution in [2.45, 2.75) is 122 Å². The highest BCUT2D eigenvalue weighted by Gasteiger charge is 2.35. The summed E-state index contributed by atoms with van der Waals surface area (Å²) in [7, 11) is 0. The van der Waals surface area contributed by atoms with E-state index >= 15 is 0 Å². The summed E-state index contributed by atoms with van der Waals surface area (Å²) in [5.74, 6) is 1.38. The predicted molar refractivity (Wildman–Crippen MR) is 143 cm³/mol. The van der Waals surface area contributed by atoms with Crippen LogP contribution in [0.4, 0.5) is 0 Å². The van der Waals surface area contributed by atoms with Gasteiger partial charge in [-0.3, -0.25) is 0 Å². The zero-order chi connectivity index (χ0) is 24.1. The maximum atomic E-state index is 9.96. The second-order valence-electron chi connectivity index (χ2n) is 10.5. The van der Waals surface area contributed by atoms with Gasteiger partial charge >= 0.3 is 0 Å². The molecule has 1 aliphatic carbocycles. The minimum absolute atomic E-state index is 0.0774. The van der Waals surface area contributed by atoms with Crippen molar-refractivity contribution >= 4 is 0 Å². The first-order chi connectivity index (χ1) is 16.7. The molecule has 0 aliphatic heterocycles. The van der Waals surface area contributed by atoms with E-state index in [-0.39, 0.29) is 5.41 Å². The maximum Gasteiger partial charge on any atom is 0.159 e. The van der Waals surface area contributed by atoms with Crippen LogP contribution in [0, 0.1) is 16.7 Å². The third kappa shape index (κ3) is 7.93. The number of rotatable bonds is 14. The van der Waals surface area contributed by atoms with Crippen molar-refractivity contribution in [2.75, 3.05) is 0 Å². The van der Waals surface area contributed by atoms with Gasteiger partial charge in [0.15, 0.2) is 5.82 Å². The molecule has 2 aromatic rings. The van der Waals surface area contributed by atoms with Gasteiger partial charge in [0, 0.05) is 18.0 Å². The molecule has 1 aromatic carbocycles.